The first-order valence-electron chi connectivity index (χ1n) is 5.47. The van der Waals surface area contributed by atoms with Gasteiger partial charge >= 0.3 is 0 Å². The van der Waals surface area contributed by atoms with Crippen LogP contribution in [-0.4, -0.2) is 9.55 Å². The van der Waals surface area contributed by atoms with Gasteiger partial charge in [-0.1, -0.05) is 22.0 Å². The van der Waals surface area contributed by atoms with E-state index in [2.05, 4.69) is 32.8 Å². The third-order valence-corrected chi connectivity index (χ3v) is 2.89. The number of imidazole rings is 1. The van der Waals surface area contributed by atoms with Gasteiger partial charge in [0, 0.05) is 17.2 Å². The Morgan fingerprint density at radius 3 is 3.00 bits per heavy atom. The van der Waals surface area contributed by atoms with Crippen LogP contribution in [0, 0.1) is 12.7 Å². The highest BCUT2D eigenvalue weighted by atomic mass is 79.9. The first-order chi connectivity index (χ1) is 8.60. The van der Waals surface area contributed by atoms with Crippen molar-refractivity contribution in [1.29, 1.82) is 0 Å². The Balaban J connectivity index is 2.30. The van der Waals surface area contributed by atoms with Crippen molar-refractivity contribution in [3.63, 3.8) is 0 Å². The van der Waals surface area contributed by atoms with Crippen LogP contribution in [-0.2, 0) is 6.54 Å². The van der Waals surface area contributed by atoms with E-state index in [1.807, 2.05) is 17.7 Å². The molecule has 0 radical (unpaired) electrons. The molecule has 0 aliphatic rings. The number of nitrogens with zero attached hydrogens (tertiary/aromatic N) is 2. The summed E-state index contributed by atoms with van der Waals surface area (Å²) in [6.07, 6.45) is 3.66. The van der Waals surface area contributed by atoms with Crippen LogP contribution in [0.3, 0.4) is 0 Å². The predicted octanol–water partition coefficient (Wildman–Crippen LogP) is 4.02. The van der Waals surface area contributed by atoms with Gasteiger partial charge in [-0.2, -0.15) is 0 Å². The molecule has 0 amide bonds. The van der Waals surface area contributed by atoms with Crippen LogP contribution in [0.5, 0.6) is 0 Å². The minimum atomic E-state index is -0.324. The fourth-order valence-electron chi connectivity index (χ4n) is 1.64. The van der Waals surface area contributed by atoms with Crippen molar-refractivity contribution < 1.29 is 4.39 Å². The number of allylic oxidation sites excluding steroid dienone is 1. The largest absolute Gasteiger partial charge is 0.323 e. The highest BCUT2D eigenvalue weighted by molar-refractivity contribution is 9.10. The van der Waals surface area contributed by atoms with E-state index in [-0.39, 0.29) is 5.82 Å². The molecule has 1 aromatic heterocycles. The van der Waals surface area contributed by atoms with Crippen LogP contribution in [0.2, 0.25) is 0 Å². The summed E-state index contributed by atoms with van der Waals surface area (Å²) in [6.45, 7) is 6.20. The van der Waals surface area contributed by atoms with E-state index in [9.17, 15) is 4.39 Å². The van der Waals surface area contributed by atoms with E-state index >= 15 is 0 Å². The van der Waals surface area contributed by atoms with Crippen molar-refractivity contribution in [3.05, 3.63) is 53.0 Å². The molecule has 0 spiro atoms. The molecule has 2 aromatic rings. The summed E-state index contributed by atoms with van der Waals surface area (Å²) in [7, 11) is 0. The van der Waals surface area contributed by atoms with Crippen molar-refractivity contribution in [2.45, 2.75) is 13.5 Å². The maximum absolute atomic E-state index is 13.7. The zero-order valence-electron chi connectivity index (χ0n) is 9.95. The molecular formula is C13H13BrFN3. The summed E-state index contributed by atoms with van der Waals surface area (Å²) >= 11 is 3.22. The number of rotatable bonds is 4. The van der Waals surface area contributed by atoms with E-state index in [0.29, 0.717) is 22.7 Å². The normalized spacial score (nSPS) is 10.4. The summed E-state index contributed by atoms with van der Waals surface area (Å²) in [5, 5.41) is 2.98. The van der Waals surface area contributed by atoms with Crippen LogP contribution in [0.15, 0.2) is 41.5 Å². The molecule has 0 aliphatic carbocycles. The van der Waals surface area contributed by atoms with Crippen molar-refractivity contribution >= 4 is 27.6 Å². The summed E-state index contributed by atoms with van der Waals surface area (Å²) in [5.41, 5.74) is 1.27. The molecule has 2 rings (SSSR count). The Labute approximate surface area is 113 Å². The van der Waals surface area contributed by atoms with Gasteiger partial charge in [-0.15, -0.1) is 6.58 Å². The van der Waals surface area contributed by atoms with Gasteiger partial charge in [-0.25, -0.2) is 9.37 Å². The van der Waals surface area contributed by atoms with Crippen LogP contribution in [0.4, 0.5) is 16.0 Å². The Morgan fingerprint density at radius 2 is 2.33 bits per heavy atom. The number of halogens is 2. The zero-order chi connectivity index (χ0) is 13.1. The third-order valence-electron chi connectivity index (χ3n) is 2.40. The Morgan fingerprint density at radius 1 is 1.56 bits per heavy atom. The van der Waals surface area contributed by atoms with Gasteiger partial charge in [0.2, 0.25) is 5.95 Å². The van der Waals surface area contributed by atoms with Crippen molar-refractivity contribution in [3.8, 4) is 0 Å². The molecule has 0 atom stereocenters. The molecule has 18 heavy (non-hydrogen) atoms. The molecule has 1 N–H and O–H groups in total. The molecule has 5 heteroatoms. The van der Waals surface area contributed by atoms with Gasteiger partial charge in [-0.05, 0) is 25.1 Å². The average Bonchev–Trinajstić information content (AvgIpc) is 2.64. The molecule has 0 unspecified atom stereocenters. The summed E-state index contributed by atoms with van der Waals surface area (Å²) in [6, 6.07) is 4.86. The van der Waals surface area contributed by atoms with Crippen LogP contribution in [0.1, 0.15) is 5.69 Å². The second-order valence-corrected chi connectivity index (χ2v) is 4.81. The lowest BCUT2D eigenvalue weighted by Gasteiger charge is -2.08. The van der Waals surface area contributed by atoms with Crippen LogP contribution >= 0.6 is 15.9 Å². The highest BCUT2D eigenvalue weighted by Crippen LogP contribution is 2.23. The standard InChI is InChI=1S/C13H13BrFN3/c1-3-6-18-8-9(2)16-13(18)17-12-5-4-10(14)7-11(12)15/h3-5,7-8H,1,6H2,2H3,(H,16,17). The topological polar surface area (TPSA) is 29.9 Å². The van der Waals surface area contributed by atoms with Gasteiger partial charge < -0.3 is 9.88 Å². The zero-order valence-corrected chi connectivity index (χ0v) is 11.5. The average molecular weight is 310 g/mol. The van der Waals surface area contributed by atoms with Gasteiger partial charge in [0.25, 0.3) is 0 Å². The Hall–Kier alpha value is -1.62. The maximum atomic E-state index is 13.7. The van der Waals surface area contributed by atoms with Crippen molar-refractivity contribution in [2.75, 3.05) is 5.32 Å². The highest BCUT2D eigenvalue weighted by Gasteiger charge is 2.08. The lowest BCUT2D eigenvalue weighted by atomic mass is 10.3. The minimum Gasteiger partial charge on any atom is -0.323 e. The second kappa shape index (κ2) is 5.35. The third kappa shape index (κ3) is 2.79. The van der Waals surface area contributed by atoms with E-state index in [1.165, 1.54) is 6.07 Å². The Bertz CT molecular complexity index is 578. The molecule has 1 heterocycles. The van der Waals surface area contributed by atoms with Gasteiger partial charge in [-0.3, -0.25) is 0 Å². The number of nitrogens with one attached hydrogen (secondary N) is 1. The number of aryl methyl sites for hydroxylation is 1. The number of anilines is 2. The fourth-order valence-corrected chi connectivity index (χ4v) is 1.97. The van der Waals surface area contributed by atoms with Gasteiger partial charge in [0.1, 0.15) is 5.82 Å². The second-order valence-electron chi connectivity index (χ2n) is 3.90. The van der Waals surface area contributed by atoms with E-state index in [0.717, 1.165) is 5.69 Å². The summed E-state index contributed by atoms with van der Waals surface area (Å²) in [5.74, 6) is 0.281. The van der Waals surface area contributed by atoms with Crippen LogP contribution in [0.25, 0.3) is 0 Å². The Kier molecular flexibility index (Phi) is 3.81. The minimum absolute atomic E-state index is 0.324. The van der Waals surface area contributed by atoms with Crippen LogP contribution < -0.4 is 5.32 Å². The SMILES string of the molecule is C=CCn1cc(C)nc1Nc1ccc(Br)cc1F. The van der Waals surface area contributed by atoms with Gasteiger partial charge in [0.05, 0.1) is 11.4 Å². The molecule has 0 saturated carbocycles. The molecule has 0 fully saturated rings. The van der Waals surface area contributed by atoms with E-state index < -0.39 is 0 Å². The lowest BCUT2D eigenvalue weighted by molar-refractivity contribution is 0.630. The molecular weight excluding hydrogens is 297 g/mol. The number of hydrogen-bond acceptors (Lipinski definition) is 2. The lowest BCUT2D eigenvalue weighted by Crippen LogP contribution is -2.03. The predicted molar refractivity (Wildman–Crippen MR) is 74.5 cm³/mol. The van der Waals surface area contributed by atoms with Crippen molar-refractivity contribution in [1.82, 2.24) is 9.55 Å². The van der Waals surface area contributed by atoms with Crippen molar-refractivity contribution in [2.24, 2.45) is 0 Å². The number of benzene rings is 1. The molecule has 1 aromatic carbocycles. The number of hydrogen-bond donors (Lipinski definition) is 1. The summed E-state index contributed by atoms with van der Waals surface area (Å²) < 4.78 is 16.3. The van der Waals surface area contributed by atoms with E-state index in [4.69, 9.17) is 0 Å². The molecule has 0 aliphatic heterocycles. The molecule has 0 bridgehead atoms. The smallest absolute Gasteiger partial charge is 0.207 e. The quantitative estimate of drug-likeness (QED) is 0.864. The molecule has 3 nitrogen and oxygen atoms in total. The van der Waals surface area contributed by atoms with E-state index in [1.54, 1.807) is 18.2 Å². The number of aromatic nitrogens is 2. The summed E-state index contributed by atoms with van der Waals surface area (Å²) in [4.78, 5) is 4.31. The fraction of sp³-hybridized carbons (Fsp3) is 0.154. The maximum Gasteiger partial charge on any atom is 0.207 e. The first-order valence-corrected chi connectivity index (χ1v) is 6.26. The van der Waals surface area contributed by atoms with Gasteiger partial charge in [0.15, 0.2) is 0 Å². The first kappa shape index (κ1) is 12.8. The molecule has 94 valence electrons. The molecule has 0 saturated heterocycles. The monoisotopic (exact) mass is 309 g/mol.